The first-order valence-corrected chi connectivity index (χ1v) is 10.2. The molecule has 150 valence electrons. The normalized spacial score (nSPS) is 12.4. The van der Waals surface area contributed by atoms with E-state index in [2.05, 4.69) is 49.3 Å². The van der Waals surface area contributed by atoms with E-state index in [-0.39, 0.29) is 5.75 Å². The van der Waals surface area contributed by atoms with E-state index in [1.807, 2.05) is 31.2 Å². The molecule has 1 N–H and O–H groups in total. The van der Waals surface area contributed by atoms with Crippen molar-refractivity contribution in [2.24, 2.45) is 5.92 Å². The van der Waals surface area contributed by atoms with Crippen molar-refractivity contribution in [3.63, 3.8) is 0 Å². The van der Waals surface area contributed by atoms with Crippen molar-refractivity contribution >= 4 is 22.6 Å². The molecule has 4 heteroatoms. The first-order valence-electron chi connectivity index (χ1n) is 9.84. The quantitative estimate of drug-likeness (QED) is 0.435. The maximum Gasteiger partial charge on any atom is 0.141 e. The number of aromatic hydroxyl groups is 1. The number of phenols is 1. The predicted molar refractivity (Wildman–Crippen MR) is 123 cm³/mol. The van der Waals surface area contributed by atoms with E-state index < -0.39 is 0 Å². The van der Waals surface area contributed by atoms with Crippen LogP contribution >= 0.6 is 11.6 Å². The zero-order valence-electron chi connectivity index (χ0n) is 17.2. The van der Waals surface area contributed by atoms with Crippen LogP contribution in [0.1, 0.15) is 26.3 Å². The fourth-order valence-electron chi connectivity index (χ4n) is 3.32. The molecule has 0 aliphatic heterocycles. The third kappa shape index (κ3) is 4.99. The predicted octanol–water partition coefficient (Wildman–Crippen LogP) is 6.86. The van der Waals surface area contributed by atoms with Crippen molar-refractivity contribution in [2.45, 2.75) is 33.7 Å². The monoisotopic (exact) mass is 406 g/mol. The highest BCUT2D eigenvalue weighted by Crippen LogP contribution is 2.29. The number of benzene rings is 2. The SMILES string of the molecule is C=C(Cn1c(-c2ccc(CC(C)C)cc2)nc2cc(O)ccc21)/C(Cl)=C\C=C/C. The third-order valence-corrected chi connectivity index (χ3v) is 5.10. The second kappa shape index (κ2) is 9.15. The second-order valence-corrected chi connectivity index (χ2v) is 8.04. The standard InChI is InChI=1S/C25H27ClN2O/c1-5-6-7-22(26)18(4)16-28-24-13-12-21(29)15-23(24)27-25(28)20-10-8-19(9-11-20)14-17(2)3/h5-13,15,17,29H,4,14,16H2,1-3H3/b6-5-,22-7+. The number of allylic oxidation sites excluding steroid dienone is 5. The fourth-order valence-corrected chi connectivity index (χ4v) is 3.46. The Balaban J connectivity index is 2.04. The lowest BCUT2D eigenvalue weighted by Crippen LogP contribution is -2.03. The number of fused-ring (bicyclic) bond motifs is 1. The molecule has 1 aromatic heterocycles. The van der Waals surface area contributed by atoms with Gasteiger partial charge in [-0.15, -0.1) is 0 Å². The first kappa shape index (κ1) is 20.9. The van der Waals surface area contributed by atoms with E-state index in [1.54, 1.807) is 12.1 Å². The summed E-state index contributed by atoms with van der Waals surface area (Å²) < 4.78 is 2.10. The number of imidazole rings is 1. The van der Waals surface area contributed by atoms with E-state index in [0.717, 1.165) is 34.4 Å². The van der Waals surface area contributed by atoms with Crippen molar-refractivity contribution in [1.82, 2.24) is 9.55 Å². The zero-order chi connectivity index (χ0) is 21.0. The van der Waals surface area contributed by atoms with Crippen molar-refractivity contribution in [3.05, 3.63) is 83.4 Å². The highest BCUT2D eigenvalue weighted by atomic mass is 35.5. The molecule has 0 radical (unpaired) electrons. The summed E-state index contributed by atoms with van der Waals surface area (Å²) in [4.78, 5) is 4.79. The summed E-state index contributed by atoms with van der Waals surface area (Å²) in [5, 5.41) is 10.5. The van der Waals surface area contributed by atoms with Gasteiger partial charge in [-0.2, -0.15) is 0 Å². The van der Waals surface area contributed by atoms with Crippen LogP contribution in [0.3, 0.4) is 0 Å². The van der Waals surface area contributed by atoms with Gasteiger partial charge in [-0.3, -0.25) is 0 Å². The first-order chi connectivity index (χ1) is 13.9. The van der Waals surface area contributed by atoms with Gasteiger partial charge in [-0.25, -0.2) is 4.98 Å². The Kier molecular flexibility index (Phi) is 6.60. The number of nitrogens with zero attached hydrogens (tertiary/aromatic N) is 2. The molecular weight excluding hydrogens is 380 g/mol. The van der Waals surface area contributed by atoms with Crippen LogP contribution in [0.2, 0.25) is 0 Å². The molecule has 0 aliphatic carbocycles. The van der Waals surface area contributed by atoms with Crippen LogP contribution in [-0.2, 0) is 13.0 Å². The molecule has 3 aromatic rings. The minimum atomic E-state index is 0.200. The summed E-state index contributed by atoms with van der Waals surface area (Å²) in [6.07, 6.45) is 6.71. The van der Waals surface area contributed by atoms with E-state index in [0.29, 0.717) is 17.5 Å². The largest absolute Gasteiger partial charge is 0.508 e. The van der Waals surface area contributed by atoms with Crippen LogP contribution in [0.15, 0.2) is 77.9 Å². The van der Waals surface area contributed by atoms with Gasteiger partial charge in [0.05, 0.1) is 17.6 Å². The third-order valence-electron chi connectivity index (χ3n) is 4.71. The highest BCUT2D eigenvalue weighted by molar-refractivity contribution is 6.32. The summed E-state index contributed by atoms with van der Waals surface area (Å²) >= 11 is 6.41. The van der Waals surface area contributed by atoms with Crippen molar-refractivity contribution in [2.75, 3.05) is 0 Å². The minimum Gasteiger partial charge on any atom is -0.508 e. The molecule has 0 atom stereocenters. The van der Waals surface area contributed by atoms with E-state index in [1.165, 1.54) is 5.56 Å². The van der Waals surface area contributed by atoms with Gasteiger partial charge >= 0.3 is 0 Å². The van der Waals surface area contributed by atoms with Crippen molar-refractivity contribution in [1.29, 1.82) is 0 Å². The number of hydrogen-bond donors (Lipinski definition) is 1. The zero-order valence-corrected chi connectivity index (χ0v) is 17.9. The fraction of sp³-hybridized carbons (Fsp3) is 0.240. The Bertz CT molecular complexity index is 1070. The maximum atomic E-state index is 9.88. The van der Waals surface area contributed by atoms with E-state index in [4.69, 9.17) is 16.6 Å². The second-order valence-electron chi connectivity index (χ2n) is 7.63. The van der Waals surface area contributed by atoms with Gasteiger partial charge in [0, 0.05) is 16.7 Å². The molecule has 0 bridgehead atoms. The highest BCUT2D eigenvalue weighted by Gasteiger charge is 2.15. The number of hydrogen-bond acceptors (Lipinski definition) is 2. The van der Waals surface area contributed by atoms with Crippen LogP contribution < -0.4 is 0 Å². The molecule has 29 heavy (non-hydrogen) atoms. The van der Waals surface area contributed by atoms with Gasteiger partial charge in [-0.1, -0.05) is 68.4 Å². The molecular formula is C25H27ClN2O. The molecule has 0 unspecified atom stereocenters. The lowest BCUT2D eigenvalue weighted by Gasteiger charge is -2.12. The van der Waals surface area contributed by atoms with Gasteiger partial charge in [0.2, 0.25) is 0 Å². The van der Waals surface area contributed by atoms with Crippen LogP contribution in [-0.4, -0.2) is 14.7 Å². The molecule has 0 spiro atoms. The van der Waals surface area contributed by atoms with Crippen LogP contribution in [0.4, 0.5) is 0 Å². The average molecular weight is 407 g/mol. The summed E-state index contributed by atoms with van der Waals surface area (Å²) in [5.74, 6) is 1.65. The van der Waals surface area contributed by atoms with Crippen LogP contribution in [0, 0.1) is 5.92 Å². The molecule has 0 aliphatic rings. The number of halogens is 1. The summed E-state index contributed by atoms with van der Waals surface area (Å²) in [7, 11) is 0. The molecule has 1 heterocycles. The Hall–Kier alpha value is -2.78. The van der Waals surface area contributed by atoms with Crippen LogP contribution in [0.5, 0.6) is 5.75 Å². The summed E-state index contributed by atoms with van der Waals surface area (Å²) in [6.45, 7) is 11.0. The lowest BCUT2D eigenvalue weighted by molar-refractivity contribution is 0.476. The molecule has 3 rings (SSSR count). The van der Waals surface area contributed by atoms with E-state index in [9.17, 15) is 5.11 Å². The summed E-state index contributed by atoms with van der Waals surface area (Å²) in [6, 6.07) is 13.8. The Morgan fingerprint density at radius 1 is 1.21 bits per heavy atom. The van der Waals surface area contributed by atoms with E-state index >= 15 is 0 Å². The van der Waals surface area contributed by atoms with Crippen LogP contribution in [0.25, 0.3) is 22.4 Å². The van der Waals surface area contributed by atoms with Gasteiger partial charge in [0.25, 0.3) is 0 Å². The minimum absolute atomic E-state index is 0.200. The average Bonchev–Trinajstić information content (AvgIpc) is 3.03. The molecule has 0 saturated carbocycles. The molecule has 0 saturated heterocycles. The van der Waals surface area contributed by atoms with Gasteiger partial charge in [0.15, 0.2) is 0 Å². The number of aromatic nitrogens is 2. The van der Waals surface area contributed by atoms with Gasteiger partial charge < -0.3 is 9.67 Å². The Morgan fingerprint density at radius 3 is 2.59 bits per heavy atom. The molecule has 2 aromatic carbocycles. The van der Waals surface area contributed by atoms with Crippen molar-refractivity contribution < 1.29 is 5.11 Å². The molecule has 0 fully saturated rings. The smallest absolute Gasteiger partial charge is 0.141 e. The van der Waals surface area contributed by atoms with Gasteiger partial charge in [-0.05, 0) is 48.6 Å². The summed E-state index contributed by atoms with van der Waals surface area (Å²) in [5.41, 5.74) is 4.81. The van der Waals surface area contributed by atoms with Crippen molar-refractivity contribution in [3.8, 4) is 17.1 Å². The molecule has 3 nitrogen and oxygen atoms in total. The Morgan fingerprint density at radius 2 is 1.93 bits per heavy atom. The lowest BCUT2D eigenvalue weighted by atomic mass is 10.0. The molecule has 0 amide bonds. The maximum absolute atomic E-state index is 9.88. The topological polar surface area (TPSA) is 38.0 Å². The Labute approximate surface area is 177 Å². The van der Waals surface area contributed by atoms with Gasteiger partial charge in [0.1, 0.15) is 11.6 Å². The number of rotatable bonds is 7. The number of phenolic OH excluding ortho intramolecular Hbond substituents is 1.